The normalized spacial score (nSPS) is 13.5. The highest BCUT2D eigenvalue weighted by molar-refractivity contribution is 4.59. The first-order valence-electron chi connectivity index (χ1n) is 8.23. The second-order valence-electron chi connectivity index (χ2n) is 6.90. The van der Waals surface area contributed by atoms with Crippen LogP contribution in [0.5, 0.6) is 0 Å². The van der Waals surface area contributed by atoms with Crippen LogP contribution in [-0.4, -0.2) is 13.1 Å². The Morgan fingerprint density at radius 2 is 1.17 bits per heavy atom. The molecule has 0 rings (SSSR count). The van der Waals surface area contributed by atoms with E-state index in [4.69, 9.17) is 0 Å². The van der Waals surface area contributed by atoms with Crippen molar-refractivity contribution in [1.29, 1.82) is 0 Å². The molecule has 0 fully saturated rings. The predicted molar refractivity (Wildman–Crippen MR) is 84.0 cm³/mol. The Morgan fingerprint density at radius 1 is 0.611 bits per heavy atom. The fourth-order valence-corrected chi connectivity index (χ4v) is 2.30. The molecule has 1 heteroatoms. The zero-order valence-electron chi connectivity index (χ0n) is 13.6. The molecule has 0 aromatic carbocycles. The van der Waals surface area contributed by atoms with Gasteiger partial charge in [0.25, 0.3) is 0 Å². The van der Waals surface area contributed by atoms with Crippen molar-refractivity contribution in [3.05, 3.63) is 0 Å². The lowest BCUT2D eigenvalue weighted by atomic mass is 10.00. The van der Waals surface area contributed by atoms with E-state index in [9.17, 15) is 0 Å². The number of unbranched alkanes of at least 4 members (excludes halogenated alkanes) is 4. The van der Waals surface area contributed by atoms with Gasteiger partial charge in [0.05, 0.1) is 0 Å². The summed E-state index contributed by atoms with van der Waals surface area (Å²) in [6.45, 7) is 13.9. The van der Waals surface area contributed by atoms with Gasteiger partial charge in [0, 0.05) is 0 Å². The number of rotatable bonds is 12. The molecule has 110 valence electrons. The minimum atomic E-state index is 0.776. The van der Waals surface area contributed by atoms with Crippen molar-refractivity contribution < 1.29 is 0 Å². The smallest absolute Gasteiger partial charge is 0.00230 e. The molecule has 1 nitrogen and oxygen atoms in total. The Balaban J connectivity index is 3.17. The summed E-state index contributed by atoms with van der Waals surface area (Å²) in [5, 5.41) is 3.56. The summed E-state index contributed by atoms with van der Waals surface area (Å²) in [5.74, 6) is 2.51. The van der Waals surface area contributed by atoms with Gasteiger partial charge < -0.3 is 5.32 Å². The molecule has 0 saturated heterocycles. The second-order valence-corrected chi connectivity index (χ2v) is 6.90. The maximum absolute atomic E-state index is 3.56. The Labute approximate surface area is 116 Å². The largest absolute Gasteiger partial charge is 0.316 e. The highest BCUT2D eigenvalue weighted by Gasteiger charge is 2.02. The third-order valence-electron chi connectivity index (χ3n) is 3.52. The molecule has 0 saturated carbocycles. The second kappa shape index (κ2) is 12.0. The summed E-state index contributed by atoms with van der Waals surface area (Å²) in [6, 6.07) is 0. The van der Waals surface area contributed by atoms with Crippen LogP contribution in [0.25, 0.3) is 0 Å². The van der Waals surface area contributed by atoms with Gasteiger partial charge in [0.2, 0.25) is 0 Å². The van der Waals surface area contributed by atoms with Crippen LogP contribution in [0.4, 0.5) is 0 Å². The summed E-state index contributed by atoms with van der Waals surface area (Å²) >= 11 is 0. The Kier molecular flexibility index (Phi) is 12.0. The van der Waals surface area contributed by atoms with E-state index in [0.29, 0.717) is 0 Å². The fourth-order valence-electron chi connectivity index (χ4n) is 2.30. The van der Waals surface area contributed by atoms with Crippen LogP contribution >= 0.6 is 0 Å². The van der Waals surface area contributed by atoms with Crippen LogP contribution in [0.1, 0.15) is 79.6 Å². The zero-order chi connectivity index (χ0) is 13.8. The van der Waals surface area contributed by atoms with E-state index in [1.54, 1.807) is 0 Å². The third-order valence-corrected chi connectivity index (χ3v) is 3.52. The van der Waals surface area contributed by atoms with Crippen LogP contribution in [0.15, 0.2) is 0 Å². The molecule has 1 atom stereocenters. The van der Waals surface area contributed by atoms with E-state index in [2.05, 4.69) is 39.9 Å². The Morgan fingerprint density at radius 3 is 1.72 bits per heavy atom. The molecule has 1 unspecified atom stereocenters. The maximum atomic E-state index is 3.56. The van der Waals surface area contributed by atoms with Crippen LogP contribution in [0.2, 0.25) is 0 Å². The lowest BCUT2D eigenvalue weighted by Gasteiger charge is -2.13. The topological polar surface area (TPSA) is 12.0 Å². The van der Waals surface area contributed by atoms with Crippen LogP contribution in [-0.2, 0) is 0 Å². The van der Waals surface area contributed by atoms with E-state index < -0.39 is 0 Å². The van der Waals surface area contributed by atoms with Crippen molar-refractivity contribution in [2.24, 2.45) is 17.8 Å². The van der Waals surface area contributed by atoms with E-state index in [-0.39, 0.29) is 0 Å². The van der Waals surface area contributed by atoms with Gasteiger partial charge in [-0.05, 0) is 37.3 Å². The number of hydrogen-bond acceptors (Lipinski definition) is 1. The van der Waals surface area contributed by atoms with Gasteiger partial charge in [-0.2, -0.15) is 0 Å². The monoisotopic (exact) mass is 255 g/mol. The maximum Gasteiger partial charge on any atom is -0.00230 e. The Hall–Kier alpha value is -0.0400. The molecule has 0 aliphatic rings. The summed E-state index contributed by atoms with van der Waals surface area (Å²) < 4.78 is 0. The van der Waals surface area contributed by atoms with Gasteiger partial charge in [-0.1, -0.05) is 73.1 Å². The van der Waals surface area contributed by atoms with E-state index in [1.165, 1.54) is 58.0 Å². The molecule has 0 spiro atoms. The molecule has 0 amide bonds. The van der Waals surface area contributed by atoms with E-state index in [0.717, 1.165) is 17.8 Å². The molecular weight excluding hydrogens is 218 g/mol. The molecule has 18 heavy (non-hydrogen) atoms. The van der Waals surface area contributed by atoms with Gasteiger partial charge in [-0.25, -0.2) is 0 Å². The zero-order valence-corrected chi connectivity index (χ0v) is 13.6. The summed E-state index contributed by atoms with van der Waals surface area (Å²) in [4.78, 5) is 0. The molecule has 0 aliphatic heterocycles. The average molecular weight is 255 g/mol. The van der Waals surface area contributed by atoms with Crippen molar-refractivity contribution in [3.63, 3.8) is 0 Å². The highest BCUT2D eigenvalue weighted by atomic mass is 14.9. The Bertz CT molecular complexity index is 163. The molecule has 0 bridgehead atoms. The lowest BCUT2D eigenvalue weighted by molar-refractivity contribution is 0.431. The predicted octanol–water partition coefficient (Wildman–Crippen LogP) is 5.25. The molecule has 0 aromatic heterocycles. The summed E-state index contributed by atoms with van der Waals surface area (Å²) in [6.07, 6.45) is 9.99. The van der Waals surface area contributed by atoms with Gasteiger partial charge >= 0.3 is 0 Å². The van der Waals surface area contributed by atoms with Crippen molar-refractivity contribution in [3.8, 4) is 0 Å². The lowest BCUT2D eigenvalue weighted by Crippen LogP contribution is -2.25. The summed E-state index contributed by atoms with van der Waals surface area (Å²) in [5.41, 5.74) is 0. The molecule has 0 heterocycles. The molecule has 0 aromatic rings. The first kappa shape index (κ1) is 18.0. The van der Waals surface area contributed by atoms with Crippen LogP contribution in [0.3, 0.4) is 0 Å². The number of nitrogens with one attached hydrogen (secondary N) is 1. The first-order valence-corrected chi connectivity index (χ1v) is 8.23. The summed E-state index contributed by atoms with van der Waals surface area (Å²) in [7, 11) is 0. The average Bonchev–Trinajstić information content (AvgIpc) is 2.26. The van der Waals surface area contributed by atoms with E-state index in [1.807, 2.05) is 0 Å². The quantitative estimate of drug-likeness (QED) is 0.469. The number of hydrogen-bond donors (Lipinski definition) is 1. The van der Waals surface area contributed by atoms with Crippen molar-refractivity contribution in [2.45, 2.75) is 79.6 Å². The minimum Gasteiger partial charge on any atom is -0.316 e. The van der Waals surface area contributed by atoms with Gasteiger partial charge in [0.1, 0.15) is 0 Å². The van der Waals surface area contributed by atoms with Crippen LogP contribution < -0.4 is 5.32 Å². The highest BCUT2D eigenvalue weighted by Crippen LogP contribution is 2.13. The van der Waals surface area contributed by atoms with Crippen molar-refractivity contribution in [2.75, 3.05) is 13.1 Å². The molecule has 0 radical (unpaired) electrons. The molecule has 0 aliphatic carbocycles. The SMILES string of the molecule is CC(C)CCCCCCCC(C)CNCC(C)C. The molecule has 1 N–H and O–H groups in total. The molecular formula is C17H37N. The third kappa shape index (κ3) is 14.0. The van der Waals surface area contributed by atoms with E-state index >= 15 is 0 Å². The fraction of sp³-hybridized carbons (Fsp3) is 1.00. The standard InChI is InChI=1S/C17H37N/c1-15(2)11-9-7-6-8-10-12-17(5)14-18-13-16(3)4/h15-18H,6-14H2,1-5H3. The van der Waals surface area contributed by atoms with Gasteiger partial charge in [-0.15, -0.1) is 0 Å². The van der Waals surface area contributed by atoms with Crippen LogP contribution in [0, 0.1) is 17.8 Å². The minimum absolute atomic E-state index is 0.776. The van der Waals surface area contributed by atoms with Crippen molar-refractivity contribution in [1.82, 2.24) is 5.32 Å². The first-order chi connectivity index (χ1) is 8.52. The van der Waals surface area contributed by atoms with Crippen molar-refractivity contribution >= 4 is 0 Å². The van der Waals surface area contributed by atoms with Gasteiger partial charge in [0.15, 0.2) is 0 Å². The van der Waals surface area contributed by atoms with Gasteiger partial charge in [-0.3, -0.25) is 0 Å².